The summed E-state index contributed by atoms with van der Waals surface area (Å²) in [6.07, 6.45) is 6.52. The highest BCUT2D eigenvalue weighted by molar-refractivity contribution is 5.38. The fraction of sp³-hybridized carbons (Fsp3) is 0.600. The fourth-order valence-corrected chi connectivity index (χ4v) is 2.94. The molecular weight excluding hydrogens is 210 g/mol. The molecular formula is C15H21NO. The summed E-state index contributed by atoms with van der Waals surface area (Å²) in [5.74, 6) is 1.06. The minimum Gasteiger partial charge on any atom is -0.492 e. The van der Waals surface area contributed by atoms with Crippen LogP contribution in [-0.4, -0.2) is 31.1 Å². The van der Waals surface area contributed by atoms with E-state index in [-0.39, 0.29) is 0 Å². The first-order chi connectivity index (χ1) is 8.42. The zero-order valence-corrected chi connectivity index (χ0v) is 10.5. The molecule has 3 rings (SSSR count). The first-order valence-electron chi connectivity index (χ1n) is 6.89. The highest BCUT2D eigenvalue weighted by Gasteiger charge is 2.12. The number of nitrogens with zero attached hydrogens (tertiary/aromatic N) is 1. The second-order valence-electron chi connectivity index (χ2n) is 5.18. The summed E-state index contributed by atoms with van der Waals surface area (Å²) < 4.78 is 5.85. The van der Waals surface area contributed by atoms with E-state index in [2.05, 4.69) is 23.1 Å². The third-order valence-corrected chi connectivity index (χ3v) is 3.94. The normalized spacial score (nSPS) is 19.5. The Kier molecular flexibility index (Phi) is 3.32. The molecule has 1 saturated heterocycles. The summed E-state index contributed by atoms with van der Waals surface area (Å²) in [5.41, 5.74) is 3.03. The van der Waals surface area contributed by atoms with Crippen LogP contribution in [0.3, 0.4) is 0 Å². The maximum Gasteiger partial charge on any atom is 0.119 e. The van der Waals surface area contributed by atoms with Gasteiger partial charge in [0.1, 0.15) is 12.4 Å². The summed E-state index contributed by atoms with van der Waals surface area (Å²) in [5, 5.41) is 0. The summed E-state index contributed by atoms with van der Waals surface area (Å²) in [6.45, 7) is 4.43. The molecule has 0 aromatic heterocycles. The van der Waals surface area contributed by atoms with Gasteiger partial charge >= 0.3 is 0 Å². The number of benzene rings is 1. The van der Waals surface area contributed by atoms with Crippen LogP contribution in [-0.2, 0) is 12.8 Å². The van der Waals surface area contributed by atoms with E-state index in [1.54, 1.807) is 0 Å². The van der Waals surface area contributed by atoms with Crippen molar-refractivity contribution in [3.05, 3.63) is 29.3 Å². The van der Waals surface area contributed by atoms with Gasteiger partial charge in [-0.25, -0.2) is 0 Å². The predicted molar refractivity (Wildman–Crippen MR) is 69.6 cm³/mol. The smallest absolute Gasteiger partial charge is 0.119 e. The number of hydrogen-bond donors (Lipinski definition) is 0. The maximum atomic E-state index is 5.85. The topological polar surface area (TPSA) is 12.5 Å². The Labute approximate surface area is 104 Å². The molecule has 0 spiro atoms. The van der Waals surface area contributed by atoms with Crippen molar-refractivity contribution in [2.75, 3.05) is 26.2 Å². The summed E-state index contributed by atoms with van der Waals surface area (Å²) in [4.78, 5) is 2.49. The highest BCUT2D eigenvalue weighted by Crippen LogP contribution is 2.25. The molecule has 1 fully saturated rings. The van der Waals surface area contributed by atoms with E-state index in [1.165, 1.54) is 56.3 Å². The Morgan fingerprint density at radius 1 is 1.00 bits per heavy atom. The SMILES string of the molecule is c1cc2c(cc1OCCN1CCCC1)CCC2. The number of hydrogen-bond acceptors (Lipinski definition) is 2. The van der Waals surface area contributed by atoms with Crippen molar-refractivity contribution in [1.29, 1.82) is 0 Å². The molecule has 2 nitrogen and oxygen atoms in total. The number of aryl methyl sites for hydroxylation is 2. The van der Waals surface area contributed by atoms with Crippen LogP contribution in [0.1, 0.15) is 30.4 Å². The average molecular weight is 231 g/mol. The molecule has 17 heavy (non-hydrogen) atoms. The number of rotatable bonds is 4. The van der Waals surface area contributed by atoms with Gasteiger partial charge in [0.15, 0.2) is 0 Å². The van der Waals surface area contributed by atoms with E-state index in [0.717, 1.165) is 18.9 Å². The lowest BCUT2D eigenvalue weighted by Gasteiger charge is -2.15. The molecule has 0 amide bonds. The van der Waals surface area contributed by atoms with Gasteiger partial charge < -0.3 is 4.74 Å². The Balaban J connectivity index is 1.51. The van der Waals surface area contributed by atoms with Gasteiger partial charge in [-0.2, -0.15) is 0 Å². The van der Waals surface area contributed by atoms with Crippen molar-refractivity contribution in [3.63, 3.8) is 0 Å². The van der Waals surface area contributed by atoms with Crippen molar-refractivity contribution < 1.29 is 4.74 Å². The average Bonchev–Trinajstić information content (AvgIpc) is 2.98. The lowest BCUT2D eigenvalue weighted by molar-refractivity contribution is 0.237. The molecule has 1 aliphatic heterocycles. The molecule has 1 aromatic rings. The summed E-state index contributed by atoms with van der Waals surface area (Å²) >= 11 is 0. The molecule has 0 N–H and O–H groups in total. The van der Waals surface area contributed by atoms with E-state index in [9.17, 15) is 0 Å². The second kappa shape index (κ2) is 5.09. The van der Waals surface area contributed by atoms with Crippen LogP contribution in [0.2, 0.25) is 0 Å². The zero-order chi connectivity index (χ0) is 11.5. The minimum absolute atomic E-state index is 0.832. The zero-order valence-electron chi connectivity index (χ0n) is 10.5. The minimum atomic E-state index is 0.832. The molecule has 2 heteroatoms. The Bertz CT molecular complexity index is 383. The van der Waals surface area contributed by atoms with E-state index in [4.69, 9.17) is 4.74 Å². The van der Waals surface area contributed by atoms with Crippen LogP contribution in [0.4, 0.5) is 0 Å². The monoisotopic (exact) mass is 231 g/mol. The van der Waals surface area contributed by atoms with Crippen molar-refractivity contribution >= 4 is 0 Å². The van der Waals surface area contributed by atoms with Crippen molar-refractivity contribution in [1.82, 2.24) is 4.90 Å². The van der Waals surface area contributed by atoms with Gasteiger partial charge in [-0.15, -0.1) is 0 Å². The second-order valence-corrected chi connectivity index (χ2v) is 5.18. The number of fused-ring (bicyclic) bond motifs is 1. The summed E-state index contributed by atoms with van der Waals surface area (Å²) in [6, 6.07) is 6.62. The fourth-order valence-electron chi connectivity index (χ4n) is 2.94. The molecule has 0 saturated carbocycles. The van der Waals surface area contributed by atoms with Crippen LogP contribution >= 0.6 is 0 Å². The van der Waals surface area contributed by atoms with Crippen LogP contribution in [0, 0.1) is 0 Å². The van der Waals surface area contributed by atoms with Gasteiger partial charge in [-0.1, -0.05) is 6.07 Å². The largest absolute Gasteiger partial charge is 0.492 e. The third kappa shape index (κ3) is 2.63. The number of likely N-dealkylation sites (tertiary alicyclic amines) is 1. The van der Waals surface area contributed by atoms with Gasteiger partial charge in [0, 0.05) is 6.54 Å². The Morgan fingerprint density at radius 3 is 2.71 bits per heavy atom. The highest BCUT2D eigenvalue weighted by atomic mass is 16.5. The van der Waals surface area contributed by atoms with Crippen LogP contribution in [0.15, 0.2) is 18.2 Å². The van der Waals surface area contributed by atoms with E-state index < -0.39 is 0 Å². The van der Waals surface area contributed by atoms with Gasteiger partial charge in [-0.3, -0.25) is 4.90 Å². The quantitative estimate of drug-likeness (QED) is 0.790. The molecule has 1 aromatic carbocycles. The summed E-state index contributed by atoms with van der Waals surface area (Å²) in [7, 11) is 0. The van der Waals surface area contributed by atoms with Crippen molar-refractivity contribution in [3.8, 4) is 5.75 Å². The standard InChI is InChI=1S/C15H21NO/c1-2-9-16(8-1)10-11-17-15-7-6-13-4-3-5-14(13)12-15/h6-7,12H,1-5,8-11H2. The molecule has 0 atom stereocenters. The van der Waals surface area contributed by atoms with Crippen LogP contribution in [0.25, 0.3) is 0 Å². The van der Waals surface area contributed by atoms with Crippen LogP contribution < -0.4 is 4.74 Å². The Hall–Kier alpha value is -1.02. The van der Waals surface area contributed by atoms with E-state index in [1.807, 2.05) is 0 Å². The molecule has 2 aliphatic rings. The molecule has 0 unspecified atom stereocenters. The third-order valence-electron chi connectivity index (χ3n) is 3.94. The first kappa shape index (κ1) is 11.1. The lowest BCUT2D eigenvalue weighted by Crippen LogP contribution is -2.25. The van der Waals surface area contributed by atoms with E-state index in [0.29, 0.717) is 0 Å². The molecule has 1 heterocycles. The van der Waals surface area contributed by atoms with E-state index >= 15 is 0 Å². The van der Waals surface area contributed by atoms with Crippen LogP contribution in [0.5, 0.6) is 5.75 Å². The maximum absolute atomic E-state index is 5.85. The molecule has 0 bridgehead atoms. The molecule has 0 radical (unpaired) electrons. The van der Waals surface area contributed by atoms with Gasteiger partial charge in [0.2, 0.25) is 0 Å². The number of ether oxygens (including phenoxy) is 1. The van der Waals surface area contributed by atoms with Gasteiger partial charge in [0.05, 0.1) is 0 Å². The Morgan fingerprint density at radius 2 is 1.82 bits per heavy atom. The van der Waals surface area contributed by atoms with Gasteiger partial charge in [-0.05, 0) is 68.5 Å². The van der Waals surface area contributed by atoms with Gasteiger partial charge in [0.25, 0.3) is 0 Å². The first-order valence-corrected chi connectivity index (χ1v) is 6.89. The molecule has 1 aliphatic carbocycles. The predicted octanol–water partition coefficient (Wildman–Crippen LogP) is 2.65. The van der Waals surface area contributed by atoms with Crippen molar-refractivity contribution in [2.45, 2.75) is 32.1 Å². The van der Waals surface area contributed by atoms with Crippen molar-refractivity contribution in [2.24, 2.45) is 0 Å². The molecule has 92 valence electrons. The lowest BCUT2D eigenvalue weighted by atomic mass is 10.1.